The second-order valence-electron chi connectivity index (χ2n) is 6.88. The summed E-state index contributed by atoms with van der Waals surface area (Å²) < 4.78 is 0. The molecular formula is C15H26IN5O2. The normalized spacial score (nSPS) is 34.6. The van der Waals surface area contributed by atoms with E-state index in [2.05, 4.69) is 32.8 Å². The molecule has 8 heteroatoms. The van der Waals surface area contributed by atoms with Gasteiger partial charge in [0, 0.05) is 26.2 Å². The van der Waals surface area contributed by atoms with E-state index in [1.54, 1.807) is 0 Å². The highest BCUT2D eigenvalue weighted by atomic mass is 127. The predicted molar refractivity (Wildman–Crippen MR) is 98.9 cm³/mol. The summed E-state index contributed by atoms with van der Waals surface area (Å²) in [4.78, 5) is 30.1. The quantitative estimate of drug-likeness (QED) is 0.261. The number of hydrogen-bond donors (Lipinski definition) is 3. The van der Waals surface area contributed by atoms with Gasteiger partial charge in [0.1, 0.15) is 5.54 Å². The Kier molecular flexibility index (Phi) is 5.42. The maximum atomic E-state index is 12.0. The molecule has 2 aliphatic heterocycles. The number of guanidine groups is 1. The van der Waals surface area contributed by atoms with E-state index in [1.165, 1.54) is 6.42 Å². The topological polar surface area (TPSA) is 85.8 Å². The number of nitrogens with one attached hydrogen (secondary N) is 3. The third kappa shape index (κ3) is 3.56. The summed E-state index contributed by atoms with van der Waals surface area (Å²) in [6.07, 6.45) is 2.94. The molecule has 3 unspecified atom stereocenters. The zero-order valence-electron chi connectivity index (χ0n) is 13.9. The van der Waals surface area contributed by atoms with Crippen LogP contribution in [0.1, 0.15) is 33.1 Å². The van der Waals surface area contributed by atoms with Crippen LogP contribution in [0.25, 0.3) is 0 Å². The third-order valence-electron chi connectivity index (χ3n) is 5.32. The van der Waals surface area contributed by atoms with Crippen molar-refractivity contribution in [2.45, 2.75) is 44.7 Å². The monoisotopic (exact) mass is 435 g/mol. The molecule has 0 bridgehead atoms. The van der Waals surface area contributed by atoms with Crippen molar-refractivity contribution in [3.05, 3.63) is 0 Å². The van der Waals surface area contributed by atoms with Gasteiger partial charge in [-0.3, -0.25) is 15.1 Å². The molecule has 0 radical (unpaired) electrons. The number of halogens is 1. The molecule has 0 aromatic heterocycles. The first-order valence-electron chi connectivity index (χ1n) is 8.06. The van der Waals surface area contributed by atoms with Crippen molar-refractivity contribution in [2.75, 3.05) is 20.1 Å². The Balaban J connectivity index is 0.00000192. The fourth-order valence-corrected chi connectivity index (χ4v) is 3.50. The summed E-state index contributed by atoms with van der Waals surface area (Å²) in [5.41, 5.74) is -0.773. The van der Waals surface area contributed by atoms with Crippen molar-refractivity contribution >= 4 is 41.9 Å². The van der Waals surface area contributed by atoms with Crippen LogP contribution in [-0.2, 0) is 4.79 Å². The van der Waals surface area contributed by atoms with Crippen LogP contribution in [0.2, 0.25) is 0 Å². The van der Waals surface area contributed by atoms with Crippen molar-refractivity contribution in [3.63, 3.8) is 0 Å². The van der Waals surface area contributed by atoms with E-state index in [4.69, 9.17) is 0 Å². The Morgan fingerprint density at radius 2 is 1.96 bits per heavy atom. The van der Waals surface area contributed by atoms with Crippen LogP contribution in [0.3, 0.4) is 0 Å². The Bertz CT molecular complexity index is 518. The van der Waals surface area contributed by atoms with Crippen molar-refractivity contribution in [3.8, 4) is 0 Å². The molecule has 0 spiro atoms. The van der Waals surface area contributed by atoms with Crippen LogP contribution in [0.4, 0.5) is 4.79 Å². The van der Waals surface area contributed by atoms with Gasteiger partial charge in [-0.15, -0.1) is 24.0 Å². The Morgan fingerprint density at radius 1 is 1.35 bits per heavy atom. The fourth-order valence-electron chi connectivity index (χ4n) is 3.50. The van der Waals surface area contributed by atoms with Crippen LogP contribution in [0.15, 0.2) is 4.99 Å². The van der Waals surface area contributed by atoms with Crippen molar-refractivity contribution in [1.29, 1.82) is 0 Å². The average Bonchev–Trinajstić information content (AvgIpc) is 3.12. The molecule has 3 amide bonds. The number of piperidine rings is 1. The van der Waals surface area contributed by atoms with Gasteiger partial charge < -0.3 is 15.5 Å². The second-order valence-corrected chi connectivity index (χ2v) is 6.88. The van der Waals surface area contributed by atoms with Crippen LogP contribution in [0, 0.1) is 11.8 Å². The van der Waals surface area contributed by atoms with Gasteiger partial charge in [0.15, 0.2) is 5.96 Å². The van der Waals surface area contributed by atoms with Crippen LogP contribution < -0.4 is 16.0 Å². The number of carbonyl (C=O) groups excluding carboxylic acids is 2. The lowest BCUT2D eigenvalue weighted by Gasteiger charge is -2.39. The number of likely N-dealkylation sites (tertiary alicyclic amines) is 1. The SMILES string of the molecule is CN=C(NC1CC1C)N1CCC(C2(C)NC(=O)NC2=O)CC1.I. The van der Waals surface area contributed by atoms with Crippen molar-refractivity contribution in [2.24, 2.45) is 16.8 Å². The Labute approximate surface area is 154 Å². The minimum absolute atomic E-state index is 0. The maximum Gasteiger partial charge on any atom is 0.322 e. The molecule has 130 valence electrons. The molecule has 3 rings (SSSR count). The lowest BCUT2D eigenvalue weighted by atomic mass is 9.79. The van der Waals surface area contributed by atoms with E-state index in [9.17, 15) is 9.59 Å². The van der Waals surface area contributed by atoms with Gasteiger partial charge in [0.25, 0.3) is 5.91 Å². The fraction of sp³-hybridized carbons (Fsp3) is 0.800. The average molecular weight is 435 g/mol. The third-order valence-corrected chi connectivity index (χ3v) is 5.32. The lowest BCUT2D eigenvalue weighted by molar-refractivity contribution is -0.125. The highest BCUT2D eigenvalue weighted by Gasteiger charge is 2.48. The van der Waals surface area contributed by atoms with Crippen molar-refractivity contribution < 1.29 is 9.59 Å². The zero-order valence-corrected chi connectivity index (χ0v) is 16.2. The molecule has 3 aliphatic rings. The van der Waals surface area contributed by atoms with Crippen LogP contribution in [-0.4, -0.2) is 54.5 Å². The van der Waals surface area contributed by atoms with Gasteiger partial charge in [-0.2, -0.15) is 0 Å². The molecule has 23 heavy (non-hydrogen) atoms. The maximum absolute atomic E-state index is 12.0. The number of amides is 3. The molecule has 1 saturated carbocycles. The van der Waals surface area contributed by atoms with Gasteiger partial charge in [-0.1, -0.05) is 6.92 Å². The van der Waals surface area contributed by atoms with E-state index in [-0.39, 0.29) is 41.8 Å². The van der Waals surface area contributed by atoms with E-state index in [0.29, 0.717) is 6.04 Å². The minimum atomic E-state index is -0.773. The first-order chi connectivity index (χ1) is 10.4. The summed E-state index contributed by atoms with van der Waals surface area (Å²) in [6, 6.07) is 0.170. The lowest BCUT2D eigenvalue weighted by Crippen LogP contribution is -2.55. The summed E-state index contributed by atoms with van der Waals surface area (Å²) >= 11 is 0. The van der Waals surface area contributed by atoms with E-state index in [0.717, 1.165) is 37.8 Å². The number of hydrogen-bond acceptors (Lipinski definition) is 3. The van der Waals surface area contributed by atoms with Gasteiger partial charge in [0.05, 0.1) is 0 Å². The number of nitrogens with zero attached hydrogens (tertiary/aromatic N) is 2. The van der Waals surface area contributed by atoms with Gasteiger partial charge in [-0.05, 0) is 38.0 Å². The van der Waals surface area contributed by atoms with E-state index >= 15 is 0 Å². The summed E-state index contributed by atoms with van der Waals surface area (Å²) in [5, 5.41) is 8.64. The van der Waals surface area contributed by atoms with Crippen molar-refractivity contribution in [1.82, 2.24) is 20.9 Å². The summed E-state index contributed by atoms with van der Waals surface area (Å²) in [7, 11) is 1.81. The molecular weight excluding hydrogens is 409 g/mol. The zero-order chi connectivity index (χ0) is 15.9. The van der Waals surface area contributed by atoms with E-state index in [1.807, 2.05) is 14.0 Å². The first-order valence-corrected chi connectivity index (χ1v) is 8.06. The molecule has 1 aliphatic carbocycles. The second kappa shape index (κ2) is 6.82. The number of carbonyl (C=O) groups is 2. The Hall–Kier alpha value is -1.06. The largest absolute Gasteiger partial charge is 0.353 e. The summed E-state index contributed by atoms with van der Waals surface area (Å²) in [6.45, 7) is 5.76. The smallest absolute Gasteiger partial charge is 0.322 e. The number of imide groups is 1. The van der Waals surface area contributed by atoms with Gasteiger partial charge in [-0.25, -0.2) is 4.79 Å². The Morgan fingerprint density at radius 3 is 2.39 bits per heavy atom. The molecule has 7 nitrogen and oxygen atoms in total. The molecule has 0 aromatic rings. The molecule has 2 heterocycles. The number of urea groups is 1. The molecule has 3 fully saturated rings. The van der Waals surface area contributed by atoms with Crippen LogP contribution in [0.5, 0.6) is 0 Å². The molecule has 0 aromatic carbocycles. The number of aliphatic imine (C=N–C) groups is 1. The highest BCUT2D eigenvalue weighted by molar-refractivity contribution is 14.0. The van der Waals surface area contributed by atoms with Gasteiger partial charge >= 0.3 is 6.03 Å². The molecule has 3 N–H and O–H groups in total. The minimum Gasteiger partial charge on any atom is -0.353 e. The predicted octanol–water partition coefficient (Wildman–Crippen LogP) is 0.898. The van der Waals surface area contributed by atoms with E-state index < -0.39 is 5.54 Å². The highest BCUT2D eigenvalue weighted by Crippen LogP contribution is 2.32. The summed E-state index contributed by atoms with van der Waals surface area (Å²) in [5.74, 6) is 1.64. The molecule has 3 atom stereocenters. The molecule has 2 saturated heterocycles. The first kappa shape index (κ1) is 18.3. The van der Waals surface area contributed by atoms with Gasteiger partial charge in [0.2, 0.25) is 0 Å². The van der Waals surface area contributed by atoms with Crippen LogP contribution >= 0.6 is 24.0 Å². The number of rotatable bonds is 2. The standard InChI is InChI=1S/C15H25N5O2.HI/c1-9-8-11(9)17-13(16-3)20-6-4-10(5-7-20)15(2)12(21)18-14(22)19-15;/h9-11H,4-8H2,1-3H3,(H,16,17)(H2,18,19,21,22);1H.